The van der Waals surface area contributed by atoms with Crippen molar-refractivity contribution in [1.82, 2.24) is 4.98 Å². The van der Waals surface area contributed by atoms with E-state index in [1.807, 2.05) is 0 Å². The number of anilines is 2. The Kier molecular flexibility index (Phi) is 3.19. The predicted octanol–water partition coefficient (Wildman–Crippen LogP) is 1.17. The molecule has 0 aromatic carbocycles. The van der Waals surface area contributed by atoms with Crippen LogP contribution in [0.15, 0.2) is 6.07 Å². The summed E-state index contributed by atoms with van der Waals surface area (Å²) in [6.07, 6.45) is 0.790. The number of hydrogen-bond donors (Lipinski definition) is 1. The highest BCUT2D eigenvalue weighted by molar-refractivity contribution is 5.47. The molecule has 6 heteroatoms. The summed E-state index contributed by atoms with van der Waals surface area (Å²) in [6, 6.07) is 0.767. The number of nitrogen functional groups attached to an aromatic ring is 1. The lowest BCUT2D eigenvalue weighted by Crippen LogP contribution is -2.28. The third-order valence-electron chi connectivity index (χ3n) is 2.46. The van der Waals surface area contributed by atoms with Crippen LogP contribution >= 0.6 is 0 Å². The van der Waals surface area contributed by atoms with Gasteiger partial charge in [-0.25, -0.2) is 13.8 Å². The summed E-state index contributed by atoms with van der Waals surface area (Å²) in [4.78, 5) is 5.46. The van der Waals surface area contributed by atoms with Crippen LogP contribution in [0.2, 0.25) is 0 Å². The Morgan fingerprint density at radius 1 is 1.25 bits per heavy atom. The highest BCUT2D eigenvalue weighted by atomic mass is 19.1. The monoisotopic (exact) mass is 229 g/mol. The average Bonchev–Trinajstić information content (AvgIpc) is 2.52. The van der Waals surface area contributed by atoms with Crippen molar-refractivity contribution < 1.29 is 13.5 Å². The van der Waals surface area contributed by atoms with Crippen molar-refractivity contribution in [3.63, 3.8) is 0 Å². The van der Waals surface area contributed by atoms with Gasteiger partial charge >= 0.3 is 0 Å². The van der Waals surface area contributed by atoms with Crippen LogP contribution in [0.1, 0.15) is 6.42 Å². The molecule has 1 saturated heterocycles. The lowest BCUT2D eigenvalue weighted by molar-refractivity contribution is 0.152. The maximum absolute atomic E-state index is 13.5. The average molecular weight is 229 g/mol. The van der Waals surface area contributed by atoms with E-state index >= 15 is 0 Å². The molecule has 1 fully saturated rings. The zero-order chi connectivity index (χ0) is 11.5. The van der Waals surface area contributed by atoms with Gasteiger partial charge in [0.15, 0.2) is 23.3 Å². The Hall–Kier alpha value is -1.43. The van der Waals surface area contributed by atoms with E-state index in [0.29, 0.717) is 26.3 Å². The maximum Gasteiger partial charge on any atom is 0.168 e. The second-order valence-electron chi connectivity index (χ2n) is 3.61. The van der Waals surface area contributed by atoms with Gasteiger partial charge in [-0.3, -0.25) is 0 Å². The number of hydrogen-bond acceptors (Lipinski definition) is 4. The lowest BCUT2D eigenvalue weighted by Gasteiger charge is -2.21. The summed E-state index contributed by atoms with van der Waals surface area (Å²) in [5, 5.41) is 0. The van der Waals surface area contributed by atoms with Crippen LogP contribution in [-0.2, 0) is 4.74 Å². The Morgan fingerprint density at radius 2 is 2.06 bits per heavy atom. The molecule has 1 aromatic heterocycles. The number of pyridine rings is 1. The van der Waals surface area contributed by atoms with E-state index in [9.17, 15) is 8.78 Å². The van der Waals surface area contributed by atoms with Crippen molar-refractivity contribution in [1.29, 1.82) is 0 Å². The fourth-order valence-corrected chi connectivity index (χ4v) is 1.65. The van der Waals surface area contributed by atoms with Gasteiger partial charge in [0.1, 0.15) is 0 Å². The number of rotatable bonds is 1. The van der Waals surface area contributed by atoms with Gasteiger partial charge in [0, 0.05) is 25.8 Å². The molecule has 0 unspecified atom stereocenters. The van der Waals surface area contributed by atoms with E-state index in [4.69, 9.17) is 10.5 Å². The maximum atomic E-state index is 13.5. The van der Waals surface area contributed by atoms with Crippen molar-refractivity contribution in [3.05, 3.63) is 17.7 Å². The molecule has 0 bridgehead atoms. The molecule has 0 spiro atoms. The summed E-state index contributed by atoms with van der Waals surface area (Å²) in [7, 11) is 0. The van der Waals surface area contributed by atoms with Crippen LogP contribution in [0.4, 0.5) is 20.4 Å². The zero-order valence-corrected chi connectivity index (χ0v) is 8.75. The normalized spacial score (nSPS) is 17.2. The van der Waals surface area contributed by atoms with Crippen molar-refractivity contribution >= 4 is 11.6 Å². The number of halogens is 2. The predicted molar refractivity (Wildman–Crippen MR) is 56.2 cm³/mol. The molecule has 88 valence electrons. The first-order valence-corrected chi connectivity index (χ1v) is 5.12. The van der Waals surface area contributed by atoms with Crippen LogP contribution in [0.25, 0.3) is 0 Å². The van der Waals surface area contributed by atoms with Gasteiger partial charge in [-0.2, -0.15) is 0 Å². The first-order valence-electron chi connectivity index (χ1n) is 5.12. The van der Waals surface area contributed by atoms with Crippen LogP contribution in [0.3, 0.4) is 0 Å². The molecule has 0 radical (unpaired) electrons. The van der Waals surface area contributed by atoms with E-state index in [1.54, 1.807) is 4.90 Å². The number of nitrogens with two attached hydrogens (primary N) is 1. The molecule has 0 aliphatic carbocycles. The minimum Gasteiger partial charge on any atom is -0.381 e. The Balaban J connectivity index is 2.27. The minimum absolute atomic E-state index is 0.101. The van der Waals surface area contributed by atoms with Crippen LogP contribution in [0, 0.1) is 11.6 Å². The van der Waals surface area contributed by atoms with E-state index in [2.05, 4.69) is 4.98 Å². The lowest BCUT2D eigenvalue weighted by atomic mass is 10.3. The van der Waals surface area contributed by atoms with Crippen molar-refractivity contribution in [2.24, 2.45) is 0 Å². The summed E-state index contributed by atoms with van der Waals surface area (Å²) in [5.74, 6) is -1.69. The largest absolute Gasteiger partial charge is 0.381 e. The summed E-state index contributed by atoms with van der Waals surface area (Å²) < 4.78 is 31.7. The van der Waals surface area contributed by atoms with Crippen molar-refractivity contribution in [2.75, 3.05) is 36.9 Å². The first kappa shape index (κ1) is 11.1. The molecule has 1 aliphatic heterocycles. The quantitative estimate of drug-likeness (QED) is 0.785. The molecule has 16 heavy (non-hydrogen) atoms. The van der Waals surface area contributed by atoms with Gasteiger partial charge in [0.2, 0.25) is 0 Å². The summed E-state index contributed by atoms with van der Waals surface area (Å²) in [5.41, 5.74) is 5.32. The Morgan fingerprint density at radius 3 is 2.88 bits per heavy atom. The van der Waals surface area contributed by atoms with Crippen LogP contribution in [-0.4, -0.2) is 31.3 Å². The van der Waals surface area contributed by atoms with E-state index in [0.717, 1.165) is 12.5 Å². The smallest absolute Gasteiger partial charge is 0.168 e. The van der Waals surface area contributed by atoms with Crippen molar-refractivity contribution in [2.45, 2.75) is 6.42 Å². The minimum atomic E-state index is -0.827. The second-order valence-corrected chi connectivity index (χ2v) is 3.61. The molecular weight excluding hydrogens is 216 g/mol. The van der Waals surface area contributed by atoms with Gasteiger partial charge < -0.3 is 15.4 Å². The Labute approximate surface area is 92.0 Å². The number of ether oxygens (including phenoxy) is 1. The molecule has 1 aliphatic rings. The summed E-state index contributed by atoms with van der Waals surface area (Å²) in [6.45, 7) is 2.33. The fraction of sp³-hybridized carbons (Fsp3) is 0.500. The summed E-state index contributed by atoms with van der Waals surface area (Å²) >= 11 is 0. The second kappa shape index (κ2) is 4.61. The first-order chi connectivity index (χ1) is 7.68. The Bertz CT molecular complexity index is 379. The molecule has 0 saturated carbocycles. The highest BCUT2D eigenvalue weighted by Gasteiger charge is 2.17. The van der Waals surface area contributed by atoms with Gasteiger partial charge in [-0.15, -0.1) is 0 Å². The molecule has 2 heterocycles. The van der Waals surface area contributed by atoms with Crippen LogP contribution in [0.5, 0.6) is 0 Å². The van der Waals surface area contributed by atoms with Crippen molar-refractivity contribution in [3.8, 4) is 0 Å². The molecule has 0 amide bonds. The van der Waals surface area contributed by atoms with E-state index < -0.39 is 11.6 Å². The van der Waals surface area contributed by atoms with Crippen LogP contribution < -0.4 is 10.6 Å². The SMILES string of the molecule is Nc1nc(N2CCCOCC2)c(F)cc1F. The van der Waals surface area contributed by atoms with E-state index in [1.165, 1.54) is 0 Å². The molecule has 4 nitrogen and oxygen atoms in total. The third kappa shape index (κ3) is 2.21. The molecule has 1 aromatic rings. The van der Waals surface area contributed by atoms with Gasteiger partial charge in [0.05, 0.1) is 6.61 Å². The third-order valence-corrected chi connectivity index (χ3v) is 2.46. The van der Waals surface area contributed by atoms with Gasteiger partial charge in [-0.1, -0.05) is 0 Å². The topological polar surface area (TPSA) is 51.4 Å². The van der Waals surface area contributed by atoms with Gasteiger partial charge in [0.25, 0.3) is 0 Å². The molecule has 2 N–H and O–H groups in total. The molecular formula is C10H13F2N3O. The number of nitrogens with zero attached hydrogens (tertiary/aromatic N) is 2. The highest BCUT2D eigenvalue weighted by Crippen LogP contribution is 2.21. The van der Waals surface area contributed by atoms with Gasteiger partial charge in [-0.05, 0) is 6.42 Å². The van der Waals surface area contributed by atoms with E-state index in [-0.39, 0.29) is 11.6 Å². The number of aromatic nitrogens is 1. The fourth-order valence-electron chi connectivity index (χ4n) is 1.65. The molecule has 2 rings (SSSR count). The molecule has 0 atom stereocenters. The standard InChI is InChI=1S/C10H13F2N3O/c11-7-6-8(12)10(14-9(7)13)15-2-1-4-16-5-3-15/h6H,1-5H2,(H2,13,14). The zero-order valence-electron chi connectivity index (χ0n) is 8.75.